The van der Waals surface area contributed by atoms with Crippen molar-refractivity contribution in [3.63, 3.8) is 0 Å². The van der Waals surface area contributed by atoms with Crippen LogP contribution in [0.2, 0.25) is 0 Å². The Morgan fingerprint density at radius 3 is 1.56 bits per heavy atom. The largest absolute Gasteiger partial charge is 0.462 e. The van der Waals surface area contributed by atoms with Crippen molar-refractivity contribution in [2.45, 2.75) is 203 Å². The molecule has 2 fully saturated rings. The summed E-state index contributed by atoms with van der Waals surface area (Å²) in [5.41, 5.74) is 0. The van der Waals surface area contributed by atoms with E-state index in [1.54, 1.807) is 0 Å². The highest BCUT2D eigenvalue weighted by Gasteiger charge is 2.47. The van der Waals surface area contributed by atoms with E-state index in [2.05, 4.69) is 62.5 Å². The lowest BCUT2D eigenvalue weighted by Gasteiger charge is -2.42. The van der Waals surface area contributed by atoms with E-state index in [0.717, 1.165) is 57.8 Å². The van der Waals surface area contributed by atoms with Crippen LogP contribution < -0.4 is 0 Å². The predicted octanol–water partition coefficient (Wildman–Crippen LogP) is 5.31. The van der Waals surface area contributed by atoms with Crippen molar-refractivity contribution in [2.24, 2.45) is 0 Å². The smallest absolute Gasteiger partial charge is 0.306 e. The van der Waals surface area contributed by atoms with Crippen LogP contribution in [0.15, 0.2) is 60.8 Å². The van der Waals surface area contributed by atoms with Gasteiger partial charge in [0.2, 0.25) is 0 Å². The number of ether oxygens (including phenoxy) is 6. The number of unbranched alkanes of at least 4 members (excludes halogenated alkanes) is 10. The Kier molecular flexibility index (Phi) is 31.7. The van der Waals surface area contributed by atoms with Gasteiger partial charge in [0.25, 0.3) is 0 Å². The van der Waals surface area contributed by atoms with Crippen LogP contribution in [-0.4, -0.2) is 142 Å². The molecule has 11 atom stereocenters. The maximum atomic E-state index is 12.9. The van der Waals surface area contributed by atoms with Crippen LogP contribution in [0.1, 0.15) is 136 Å². The van der Waals surface area contributed by atoms with Gasteiger partial charge in [-0.3, -0.25) is 9.59 Å². The maximum Gasteiger partial charge on any atom is 0.306 e. The minimum absolute atomic E-state index is 0.0928. The molecule has 0 aromatic carbocycles. The average Bonchev–Trinajstić information content (AvgIpc) is 3.28. The summed E-state index contributed by atoms with van der Waals surface area (Å²) >= 11 is 0. The lowest BCUT2D eigenvalue weighted by atomic mass is 9.98. The monoisotopic (exact) mass is 897 g/mol. The van der Waals surface area contributed by atoms with Gasteiger partial charge in [0.1, 0.15) is 55.4 Å². The molecule has 15 nitrogen and oxygen atoms in total. The molecule has 362 valence electrons. The highest BCUT2D eigenvalue weighted by atomic mass is 16.7. The van der Waals surface area contributed by atoms with Crippen molar-refractivity contribution in [1.82, 2.24) is 0 Å². The molecule has 2 rings (SSSR count). The molecule has 2 saturated heterocycles. The number of carbonyl (C=O) groups excluding carboxylic acids is 2. The molecule has 2 aliphatic heterocycles. The van der Waals surface area contributed by atoms with Gasteiger partial charge in [-0.25, -0.2) is 0 Å². The number of carbonyl (C=O) groups is 2. The highest BCUT2D eigenvalue weighted by Crippen LogP contribution is 2.26. The average molecular weight is 897 g/mol. The van der Waals surface area contributed by atoms with Crippen molar-refractivity contribution < 1.29 is 73.8 Å². The fourth-order valence-corrected chi connectivity index (χ4v) is 6.84. The molecular formula is C48H80O15. The first kappa shape index (κ1) is 56.3. The lowest BCUT2D eigenvalue weighted by molar-refractivity contribution is -0.332. The molecule has 0 aliphatic carbocycles. The number of aliphatic hydroxyl groups excluding tert-OH is 7. The first-order chi connectivity index (χ1) is 30.5. The molecule has 0 saturated carbocycles. The van der Waals surface area contributed by atoms with Crippen LogP contribution in [0, 0.1) is 0 Å². The molecule has 0 aromatic rings. The van der Waals surface area contributed by atoms with Crippen molar-refractivity contribution in [1.29, 1.82) is 0 Å². The van der Waals surface area contributed by atoms with Gasteiger partial charge in [0.15, 0.2) is 18.7 Å². The van der Waals surface area contributed by atoms with Gasteiger partial charge in [0, 0.05) is 12.8 Å². The molecule has 0 aromatic heterocycles. The van der Waals surface area contributed by atoms with E-state index in [0.29, 0.717) is 12.8 Å². The van der Waals surface area contributed by atoms with Crippen LogP contribution in [0.5, 0.6) is 0 Å². The van der Waals surface area contributed by atoms with Gasteiger partial charge in [-0.15, -0.1) is 0 Å². The first-order valence-electron chi connectivity index (χ1n) is 23.4. The van der Waals surface area contributed by atoms with E-state index in [1.807, 2.05) is 12.2 Å². The van der Waals surface area contributed by atoms with Gasteiger partial charge in [-0.2, -0.15) is 0 Å². The third-order valence-corrected chi connectivity index (χ3v) is 10.8. The number of allylic oxidation sites excluding steroid dienone is 10. The standard InChI is InChI=1S/C48H80O15/c1-3-5-7-9-11-13-14-15-16-17-18-19-20-21-22-23-25-26-28-30-39(50)58-33-36(61-40(51)31-29-27-24-12-10-8-6-4-2)34-59-47-46(57)44(55)42(53)38(63-47)35-60-48-45(56)43(54)41(52)37(32-49)62-48/h11,13,15-16,18-19,21-22,25-26,36-38,41-49,52-57H,3-10,12,14,17,20,23-24,27-35H2,1-2H3/b13-11+,16-15+,19-18+,22-21+,26-25+/t36-,37+,38+,41-,42-,43?,44?,45?,46?,47+,48+/m0/s1. The molecule has 0 amide bonds. The molecule has 4 unspecified atom stereocenters. The topological polar surface area (TPSA) is 231 Å². The van der Waals surface area contributed by atoms with E-state index in [9.17, 15) is 45.3 Å². The molecule has 0 spiro atoms. The molecule has 7 N–H and O–H groups in total. The minimum atomic E-state index is -1.77. The van der Waals surface area contributed by atoms with Crippen LogP contribution in [0.4, 0.5) is 0 Å². The quantitative estimate of drug-likeness (QED) is 0.0246. The van der Waals surface area contributed by atoms with E-state index in [1.165, 1.54) is 38.5 Å². The number of hydrogen-bond donors (Lipinski definition) is 7. The molecule has 63 heavy (non-hydrogen) atoms. The van der Waals surface area contributed by atoms with E-state index in [4.69, 9.17) is 28.4 Å². The van der Waals surface area contributed by atoms with Crippen molar-refractivity contribution in [3.05, 3.63) is 60.8 Å². The number of aliphatic hydroxyl groups is 7. The Morgan fingerprint density at radius 1 is 0.508 bits per heavy atom. The zero-order valence-corrected chi connectivity index (χ0v) is 37.8. The summed E-state index contributed by atoms with van der Waals surface area (Å²) in [5, 5.41) is 71.8. The second-order valence-corrected chi connectivity index (χ2v) is 16.2. The molecule has 15 heteroatoms. The zero-order chi connectivity index (χ0) is 46.1. The first-order valence-corrected chi connectivity index (χ1v) is 23.4. The summed E-state index contributed by atoms with van der Waals surface area (Å²) in [6.07, 6.45) is 21.5. The summed E-state index contributed by atoms with van der Waals surface area (Å²) in [6, 6.07) is 0. The lowest BCUT2D eigenvalue weighted by Crippen LogP contribution is -2.61. The van der Waals surface area contributed by atoms with Crippen molar-refractivity contribution in [2.75, 3.05) is 26.4 Å². The summed E-state index contributed by atoms with van der Waals surface area (Å²) in [5.74, 6) is -1.03. The normalized spacial score (nSPS) is 27.4. The fourth-order valence-electron chi connectivity index (χ4n) is 6.84. The second-order valence-electron chi connectivity index (χ2n) is 16.2. The van der Waals surface area contributed by atoms with Crippen molar-refractivity contribution in [3.8, 4) is 0 Å². The Morgan fingerprint density at radius 2 is 0.984 bits per heavy atom. The third kappa shape index (κ3) is 24.3. The van der Waals surface area contributed by atoms with Gasteiger partial charge >= 0.3 is 11.9 Å². The van der Waals surface area contributed by atoms with Gasteiger partial charge in [0.05, 0.1) is 19.8 Å². The van der Waals surface area contributed by atoms with Gasteiger partial charge < -0.3 is 64.2 Å². The van der Waals surface area contributed by atoms with Crippen LogP contribution in [0.25, 0.3) is 0 Å². The fraction of sp³-hybridized carbons (Fsp3) is 0.750. The Hall–Kier alpha value is -2.80. The van der Waals surface area contributed by atoms with Gasteiger partial charge in [-0.05, 0) is 51.4 Å². The number of hydrogen-bond acceptors (Lipinski definition) is 15. The minimum Gasteiger partial charge on any atom is -0.462 e. The Labute approximate surface area is 375 Å². The van der Waals surface area contributed by atoms with Crippen molar-refractivity contribution >= 4 is 11.9 Å². The number of esters is 2. The molecule has 2 heterocycles. The summed E-state index contributed by atoms with van der Waals surface area (Å²) in [7, 11) is 0. The van der Waals surface area contributed by atoms with Crippen LogP contribution in [0.3, 0.4) is 0 Å². The predicted molar refractivity (Wildman–Crippen MR) is 238 cm³/mol. The summed E-state index contributed by atoms with van der Waals surface area (Å²) in [6.45, 7) is 2.41. The maximum absolute atomic E-state index is 12.9. The highest BCUT2D eigenvalue weighted by molar-refractivity contribution is 5.70. The van der Waals surface area contributed by atoms with E-state index < -0.39 is 99.3 Å². The Balaban J connectivity index is 1.84. The molecular weight excluding hydrogens is 817 g/mol. The molecule has 2 aliphatic rings. The molecule has 0 bridgehead atoms. The SMILES string of the molecule is CCCCC/C=C/C/C=C/C/C=C/C/C=C/C/C=C/CCC(=O)OC[C@@H](CO[C@@H]1O[C@H](CO[C@@H]2O[C@H](CO)[C@H](O)C(O)C2O)[C@H](O)C(O)C1O)OC(=O)CCCCCCCCCC. The number of rotatable bonds is 34. The third-order valence-electron chi connectivity index (χ3n) is 10.8. The summed E-state index contributed by atoms with van der Waals surface area (Å²) < 4.78 is 33.3. The van der Waals surface area contributed by atoms with E-state index >= 15 is 0 Å². The zero-order valence-electron chi connectivity index (χ0n) is 37.8. The van der Waals surface area contributed by atoms with Gasteiger partial charge in [-0.1, -0.05) is 132 Å². The Bertz CT molecular complexity index is 1330. The van der Waals surface area contributed by atoms with Crippen LogP contribution in [-0.2, 0) is 38.0 Å². The summed E-state index contributed by atoms with van der Waals surface area (Å²) in [4.78, 5) is 25.5. The van der Waals surface area contributed by atoms with E-state index in [-0.39, 0.29) is 19.4 Å². The second kappa shape index (κ2) is 35.5. The molecule has 0 radical (unpaired) electrons. The van der Waals surface area contributed by atoms with Crippen LogP contribution >= 0.6 is 0 Å².